The average molecular weight is 461 g/mol. The highest BCUT2D eigenvalue weighted by Gasteiger charge is 2.36. The van der Waals surface area contributed by atoms with Gasteiger partial charge in [0.15, 0.2) is 5.13 Å². The largest absolute Gasteiger partial charge is 0.301 e. The Morgan fingerprint density at radius 2 is 1.93 bits per heavy atom. The Hall–Kier alpha value is -2.42. The molecule has 0 radical (unpaired) electrons. The Kier molecular flexibility index (Phi) is 5.71. The second kappa shape index (κ2) is 7.78. The number of amides is 1. The number of sulfone groups is 1. The lowest BCUT2D eigenvalue weighted by molar-refractivity contribution is -0.384. The molecule has 0 saturated carbocycles. The molecule has 0 spiro atoms. The predicted octanol–water partition coefficient (Wildman–Crippen LogP) is 1.25. The number of carbonyl (C=O) groups excluding carboxylic acids is 1. The zero-order valence-corrected chi connectivity index (χ0v) is 17.5. The molecule has 1 aliphatic rings. The highest BCUT2D eigenvalue weighted by Crippen LogP contribution is 2.30. The first-order valence-electron chi connectivity index (χ1n) is 8.23. The number of carbonyl (C=O) groups is 1. The van der Waals surface area contributed by atoms with Gasteiger partial charge in [0.2, 0.25) is 25.8 Å². The Bertz CT molecular complexity index is 1160. The number of nitro groups is 1. The maximum absolute atomic E-state index is 12.7. The van der Waals surface area contributed by atoms with E-state index in [-0.39, 0.29) is 26.5 Å². The highest BCUT2D eigenvalue weighted by atomic mass is 32.2. The summed E-state index contributed by atoms with van der Waals surface area (Å²) in [5, 5.41) is 13.2. The van der Waals surface area contributed by atoms with E-state index in [0.29, 0.717) is 24.2 Å². The van der Waals surface area contributed by atoms with Crippen LogP contribution in [-0.2, 0) is 24.7 Å². The van der Waals surface area contributed by atoms with Crippen LogP contribution in [0.25, 0.3) is 0 Å². The molecule has 11 nitrogen and oxygen atoms in total. The van der Waals surface area contributed by atoms with Crippen molar-refractivity contribution in [3.8, 4) is 0 Å². The van der Waals surface area contributed by atoms with Crippen molar-refractivity contribution in [2.45, 2.75) is 28.0 Å². The van der Waals surface area contributed by atoms with Gasteiger partial charge in [-0.25, -0.2) is 21.8 Å². The topological polar surface area (TPSA) is 157 Å². The molecule has 0 aliphatic carbocycles. The number of sulfonamides is 1. The highest BCUT2D eigenvalue weighted by molar-refractivity contribution is 7.93. The second-order valence-corrected chi connectivity index (χ2v) is 11.4. The van der Waals surface area contributed by atoms with E-state index in [2.05, 4.69) is 10.3 Å². The molecule has 1 amide bonds. The van der Waals surface area contributed by atoms with Crippen LogP contribution < -0.4 is 5.32 Å². The smallest absolute Gasteiger partial charge is 0.269 e. The van der Waals surface area contributed by atoms with Crippen molar-refractivity contribution in [2.24, 2.45) is 0 Å². The van der Waals surface area contributed by atoms with E-state index in [0.717, 1.165) is 41.0 Å². The molecule has 1 saturated heterocycles. The van der Waals surface area contributed by atoms with Crippen molar-refractivity contribution >= 4 is 47.9 Å². The van der Waals surface area contributed by atoms with Crippen LogP contribution in [0.3, 0.4) is 0 Å². The van der Waals surface area contributed by atoms with Gasteiger partial charge < -0.3 is 5.32 Å². The third-order valence-electron chi connectivity index (χ3n) is 4.27. The number of rotatable bonds is 6. The zero-order chi connectivity index (χ0) is 21.4. The van der Waals surface area contributed by atoms with E-state index >= 15 is 0 Å². The van der Waals surface area contributed by atoms with Gasteiger partial charge in [-0.1, -0.05) is 11.3 Å². The summed E-state index contributed by atoms with van der Waals surface area (Å²) >= 11 is 0.708. The summed E-state index contributed by atoms with van der Waals surface area (Å²) in [5.74, 6) is -0.582. The Morgan fingerprint density at radius 1 is 1.28 bits per heavy atom. The van der Waals surface area contributed by atoms with Gasteiger partial charge in [0.1, 0.15) is 10.3 Å². The summed E-state index contributed by atoms with van der Waals surface area (Å²) in [6.07, 6.45) is 3.00. The minimum absolute atomic E-state index is 0.0100. The van der Waals surface area contributed by atoms with Crippen molar-refractivity contribution in [2.75, 3.05) is 18.1 Å². The fourth-order valence-corrected chi connectivity index (χ4v) is 6.45. The summed E-state index contributed by atoms with van der Waals surface area (Å²) in [6.45, 7) is 0.245. The number of nitrogens with one attached hydrogen (secondary N) is 1. The van der Waals surface area contributed by atoms with Gasteiger partial charge in [-0.3, -0.25) is 14.9 Å². The summed E-state index contributed by atoms with van der Waals surface area (Å²) in [6, 6.07) is 3.53. The Morgan fingerprint density at radius 3 is 2.52 bits per heavy atom. The van der Waals surface area contributed by atoms with E-state index in [1.54, 1.807) is 0 Å². The van der Waals surface area contributed by atoms with Crippen LogP contribution in [0.4, 0.5) is 10.8 Å². The molecule has 1 atom stereocenters. The van der Waals surface area contributed by atoms with Crippen molar-refractivity contribution in [1.29, 1.82) is 0 Å². The predicted molar refractivity (Wildman–Crippen MR) is 104 cm³/mol. The zero-order valence-electron chi connectivity index (χ0n) is 15.0. The van der Waals surface area contributed by atoms with Crippen molar-refractivity contribution in [1.82, 2.24) is 9.29 Å². The normalized spacial score (nSPS) is 17.9. The minimum atomic E-state index is -3.97. The average Bonchev–Trinajstić information content (AvgIpc) is 3.31. The van der Waals surface area contributed by atoms with Crippen LogP contribution in [0.15, 0.2) is 39.6 Å². The summed E-state index contributed by atoms with van der Waals surface area (Å²) in [4.78, 5) is 26.2. The van der Waals surface area contributed by atoms with E-state index in [9.17, 15) is 31.7 Å². The molecule has 1 aromatic heterocycles. The molecular weight excluding hydrogens is 444 g/mol. The maximum Gasteiger partial charge on any atom is 0.269 e. The third kappa shape index (κ3) is 4.44. The Labute approximate surface area is 170 Å². The molecule has 1 unspecified atom stereocenters. The summed E-state index contributed by atoms with van der Waals surface area (Å²) in [7, 11) is -7.51. The van der Waals surface area contributed by atoms with E-state index in [1.165, 1.54) is 0 Å². The first-order chi connectivity index (χ1) is 13.5. The van der Waals surface area contributed by atoms with Gasteiger partial charge >= 0.3 is 0 Å². The van der Waals surface area contributed by atoms with Gasteiger partial charge in [-0.2, -0.15) is 4.31 Å². The molecule has 1 aromatic carbocycles. The van der Waals surface area contributed by atoms with Crippen molar-refractivity contribution in [3.63, 3.8) is 0 Å². The number of hydrogen-bond acceptors (Lipinski definition) is 9. The lowest BCUT2D eigenvalue weighted by Gasteiger charge is -2.20. The van der Waals surface area contributed by atoms with Gasteiger partial charge in [-0.05, 0) is 25.0 Å². The SMILES string of the molecule is CS(=O)(=O)N1CCCC1C(=O)Nc1ncc(S(=O)(=O)c2ccc([N+](=O)[O-])cc2)s1. The van der Waals surface area contributed by atoms with Crippen LogP contribution in [-0.4, -0.2) is 55.8 Å². The number of benzene rings is 1. The van der Waals surface area contributed by atoms with Gasteiger partial charge in [0.25, 0.3) is 5.69 Å². The molecule has 1 aliphatic heterocycles. The summed E-state index contributed by atoms with van der Waals surface area (Å²) in [5.41, 5.74) is -0.242. The third-order valence-corrected chi connectivity index (χ3v) is 8.70. The molecule has 1 N–H and O–H groups in total. The molecular formula is C15H16N4O7S3. The molecule has 2 heterocycles. The van der Waals surface area contributed by atoms with Gasteiger partial charge in [-0.15, -0.1) is 0 Å². The number of anilines is 1. The van der Waals surface area contributed by atoms with E-state index in [4.69, 9.17) is 0 Å². The van der Waals surface area contributed by atoms with Gasteiger partial charge in [0.05, 0.1) is 22.3 Å². The first kappa shape index (κ1) is 21.3. The lowest BCUT2D eigenvalue weighted by atomic mass is 10.2. The number of non-ortho nitro benzene ring substituents is 1. The molecule has 156 valence electrons. The molecule has 0 bridgehead atoms. The van der Waals surface area contributed by atoms with Crippen molar-refractivity contribution < 1.29 is 26.6 Å². The van der Waals surface area contributed by atoms with Crippen LogP contribution >= 0.6 is 11.3 Å². The van der Waals surface area contributed by atoms with E-state index in [1.807, 2.05) is 0 Å². The first-order valence-corrected chi connectivity index (χ1v) is 12.4. The van der Waals surface area contributed by atoms with Crippen LogP contribution in [0, 0.1) is 10.1 Å². The number of nitrogens with zero attached hydrogens (tertiary/aromatic N) is 3. The van der Waals surface area contributed by atoms with Crippen LogP contribution in [0.1, 0.15) is 12.8 Å². The molecule has 3 rings (SSSR count). The fraction of sp³-hybridized carbons (Fsp3) is 0.333. The maximum atomic E-state index is 12.7. The van der Waals surface area contributed by atoms with Crippen molar-refractivity contribution in [3.05, 3.63) is 40.6 Å². The van der Waals surface area contributed by atoms with Crippen LogP contribution in [0.2, 0.25) is 0 Å². The summed E-state index contributed by atoms with van der Waals surface area (Å²) < 4.78 is 49.8. The van der Waals surface area contributed by atoms with Gasteiger partial charge in [0, 0.05) is 18.7 Å². The Balaban J connectivity index is 1.78. The monoisotopic (exact) mass is 460 g/mol. The van der Waals surface area contributed by atoms with Crippen LogP contribution in [0.5, 0.6) is 0 Å². The molecule has 1 fully saturated rings. The fourth-order valence-electron chi connectivity index (χ4n) is 2.89. The number of aromatic nitrogens is 1. The minimum Gasteiger partial charge on any atom is -0.301 e. The molecule has 29 heavy (non-hydrogen) atoms. The molecule has 14 heteroatoms. The van der Waals surface area contributed by atoms with E-state index < -0.39 is 36.7 Å². The quantitative estimate of drug-likeness (QED) is 0.498. The number of thiazole rings is 1. The standard InChI is InChI=1S/C15H16N4O7S3/c1-28(23,24)18-8-2-3-12(18)14(20)17-15-16-9-13(27-15)29(25,26)11-6-4-10(5-7-11)19(21)22/h4-7,9,12H,2-3,8H2,1H3,(H,16,17,20). The number of hydrogen-bond donors (Lipinski definition) is 1. The number of nitro benzene ring substituents is 1. The molecule has 2 aromatic rings. The lowest BCUT2D eigenvalue weighted by Crippen LogP contribution is -2.42. The second-order valence-electron chi connectivity index (χ2n) is 6.26.